The van der Waals surface area contributed by atoms with Crippen LogP contribution in [-0.2, 0) is 19.1 Å². The number of ether oxygens (including phenoxy) is 2. The van der Waals surface area contributed by atoms with Crippen LogP contribution in [0, 0.1) is 0 Å². The molecule has 0 saturated carbocycles. The van der Waals surface area contributed by atoms with Crippen LogP contribution in [0.15, 0.2) is 58.3 Å². The Kier molecular flexibility index (Phi) is 6.17. The van der Waals surface area contributed by atoms with E-state index in [4.69, 9.17) is 13.9 Å². The smallest absolute Gasteiger partial charge is 0.338 e. The third-order valence-corrected chi connectivity index (χ3v) is 5.39. The van der Waals surface area contributed by atoms with Crippen molar-refractivity contribution in [3.05, 3.63) is 70.8 Å². The van der Waals surface area contributed by atoms with Crippen LogP contribution in [-0.4, -0.2) is 53.9 Å². The Labute approximate surface area is 193 Å². The van der Waals surface area contributed by atoms with Crippen LogP contribution in [0.4, 0.5) is 4.79 Å². The number of carbonyl (C=O) groups is 5. The van der Waals surface area contributed by atoms with E-state index in [-0.39, 0.29) is 34.8 Å². The van der Waals surface area contributed by atoms with Crippen molar-refractivity contribution >= 4 is 29.8 Å². The first-order valence-corrected chi connectivity index (χ1v) is 10.5. The fourth-order valence-electron chi connectivity index (χ4n) is 3.78. The number of esters is 2. The number of nitrogens with one attached hydrogen (secondary N) is 2. The molecule has 11 heteroatoms. The largest absolute Gasteiger partial charge is 0.467 e. The number of hydrogen-bond acceptors (Lipinski definition) is 8. The van der Waals surface area contributed by atoms with Crippen LogP contribution in [0.25, 0.3) is 0 Å². The highest BCUT2D eigenvalue weighted by molar-refractivity contribution is 6.22. The van der Waals surface area contributed by atoms with E-state index in [0.717, 1.165) is 4.90 Å². The number of urea groups is 1. The Bertz CT molecular complexity index is 1170. The zero-order valence-corrected chi connectivity index (χ0v) is 18.3. The zero-order valence-electron chi connectivity index (χ0n) is 18.3. The molecule has 34 heavy (non-hydrogen) atoms. The highest BCUT2D eigenvalue weighted by Crippen LogP contribution is 2.29. The first-order valence-electron chi connectivity index (χ1n) is 10.5. The van der Waals surface area contributed by atoms with Gasteiger partial charge in [0.1, 0.15) is 24.5 Å². The van der Waals surface area contributed by atoms with E-state index in [2.05, 4.69) is 10.6 Å². The lowest BCUT2D eigenvalue weighted by Gasteiger charge is -2.28. The normalized spacial score (nSPS) is 18.2. The third kappa shape index (κ3) is 4.03. The molecule has 0 saturated heterocycles. The highest BCUT2D eigenvalue weighted by atomic mass is 16.5. The number of fused-ring (bicyclic) bond motifs is 1. The molecule has 0 fully saturated rings. The van der Waals surface area contributed by atoms with E-state index in [0.29, 0.717) is 0 Å². The van der Waals surface area contributed by atoms with E-state index in [9.17, 15) is 24.0 Å². The maximum absolute atomic E-state index is 12.8. The second-order valence-corrected chi connectivity index (χ2v) is 7.47. The SMILES string of the molecule is CCOC(=O)C1=C(COC(=O)[C@H](C)N2C(=O)c3ccccc3C2=O)NC(=O)N[C@H]1c1ccco1. The van der Waals surface area contributed by atoms with Gasteiger partial charge < -0.3 is 24.5 Å². The minimum absolute atomic E-state index is 0.00224. The summed E-state index contributed by atoms with van der Waals surface area (Å²) in [5, 5.41) is 5.03. The number of hydrogen-bond donors (Lipinski definition) is 2. The maximum atomic E-state index is 12.8. The molecule has 2 aromatic rings. The summed E-state index contributed by atoms with van der Waals surface area (Å²) in [4.78, 5) is 63.7. The van der Waals surface area contributed by atoms with Gasteiger partial charge in [0, 0.05) is 0 Å². The second-order valence-electron chi connectivity index (χ2n) is 7.47. The van der Waals surface area contributed by atoms with Gasteiger partial charge in [-0.05, 0) is 38.1 Å². The van der Waals surface area contributed by atoms with Gasteiger partial charge in [-0.15, -0.1) is 0 Å². The summed E-state index contributed by atoms with van der Waals surface area (Å²) < 4.78 is 15.7. The minimum Gasteiger partial charge on any atom is -0.467 e. The summed E-state index contributed by atoms with van der Waals surface area (Å²) in [7, 11) is 0. The molecule has 0 unspecified atom stereocenters. The number of amides is 4. The first-order chi connectivity index (χ1) is 16.3. The Morgan fingerprint density at radius 2 is 1.74 bits per heavy atom. The molecule has 2 aliphatic rings. The summed E-state index contributed by atoms with van der Waals surface area (Å²) in [5.74, 6) is -2.57. The molecule has 4 rings (SSSR count). The minimum atomic E-state index is -1.24. The van der Waals surface area contributed by atoms with Gasteiger partial charge >= 0.3 is 18.0 Å². The molecule has 2 N–H and O–H groups in total. The van der Waals surface area contributed by atoms with Crippen LogP contribution in [0.2, 0.25) is 0 Å². The number of rotatable bonds is 7. The fraction of sp³-hybridized carbons (Fsp3) is 0.261. The van der Waals surface area contributed by atoms with Gasteiger partial charge in [0.15, 0.2) is 0 Å². The van der Waals surface area contributed by atoms with Gasteiger partial charge in [0.05, 0.1) is 35.3 Å². The van der Waals surface area contributed by atoms with Crippen molar-refractivity contribution < 1.29 is 37.9 Å². The molecule has 176 valence electrons. The van der Waals surface area contributed by atoms with E-state index < -0.39 is 48.5 Å². The van der Waals surface area contributed by atoms with E-state index in [1.165, 1.54) is 25.3 Å². The Hall–Kier alpha value is -4.41. The molecule has 2 aliphatic heterocycles. The molecule has 2 atom stereocenters. The first kappa shape index (κ1) is 22.8. The molecule has 0 radical (unpaired) electrons. The van der Waals surface area contributed by atoms with Crippen molar-refractivity contribution in [2.24, 2.45) is 0 Å². The summed E-state index contributed by atoms with van der Waals surface area (Å²) in [6.45, 7) is 2.55. The number of imide groups is 1. The number of carbonyl (C=O) groups excluding carboxylic acids is 5. The van der Waals surface area contributed by atoms with Gasteiger partial charge in [-0.3, -0.25) is 14.5 Å². The predicted octanol–water partition coefficient (Wildman–Crippen LogP) is 1.68. The molecular weight excluding hydrogens is 446 g/mol. The van der Waals surface area contributed by atoms with Crippen molar-refractivity contribution in [1.29, 1.82) is 0 Å². The molecule has 0 aliphatic carbocycles. The van der Waals surface area contributed by atoms with Crippen molar-refractivity contribution in [2.75, 3.05) is 13.2 Å². The lowest BCUT2D eigenvalue weighted by Crippen LogP contribution is -2.48. The summed E-state index contributed by atoms with van der Waals surface area (Å²) in [6, 6.07) is 6.56. The molecule has 0 bridgehead atoms. The maximum Gasteiger partial charge on any atom is 0.338 e. The number of furan rings is 1. The van der Waals surface area contributed by atoms with Crippen LogP contribution in [0.1, 0.15) is 46.4 Å². The summed E-state index contributed by atoms with van der Waals surface area (Å²) in [6.07, 6.45) is 1.38. The lowest BCUT2D eigenvalue weighted by molar-refractivity contribution is -0.147. The Morgan fingerprint density at radius 1 is 1.06 bits per heavy atom. The van der Waals surface area contributed by atoms with E-state index in [1.807, 2.05) is 0 Å². The molecular formula is C23H21N3O8. The summed E-state index contributed by atoms with van der Waals surface area (Å²) in [5.41, 5.74) is 0.391. The van der Waals surface area contributed by atoms with Crippen LogP contribution in [0.3, 0.4) is 0 Å². The van der Waals surface area contributed by atoms with E-state index in [1.54, 1.807) is 31.2 Å². The third-order valence-electron chi connectivity index (χ3n) is 5.39. The monoisotopic (exact) mass is 467 g/mol. The standard InChI is InChI=1S/C23H21N3O8/c1-3-32-22(30)17-15(24-23(31)25-18(17)16-9-6-10-33-16)11-34-21(29)12(2)26-19(27)13-7-4-5-8-14(13)20(26)28/h4-10,12,18H,3,11H2,1-2H3,(H2,24,25,31)/t12-,18-/m0/s1. The zero-order chi connectivity index (χ0) is 24.4. The van der Waals surface area contributed by atoms with Crippen molar-refractivity contribution in [3.63, 3.8) is 0 Å². The fourth-order valence-corrected chi connectivity index (χ4v) is 3.78. The lowest BCUT2D eigenvalue weighted by atomic mass is 10.0. The van der Waals surface area contributed by atoms with Gasteiger partial charge in [-0.25, -0.2) is 14.4 Å². The average Bonchev–Trinajstić information content (AvgIpc) is 3.44. The predicted molar refractivity (Wildman–Crippen MR) is 114 cm³/mol. The van der Waals surface area contributed by atoms with Crippen molar-refractivity contribution in [1.82, 2.24) is 15.5 Å². The molecule has 11 nitrogen and oxygen atoms in total. The molecule has 1 aromatic carbocycles. The average molecular weight is 467 g/mol. The van der Waals surface area contributed by atoms with Crippen LogP contribution in [0.5, 0.6) is 0 Å². The summed E-state index contributed by atoms with van der Waals surface area (Å²) >= 11 is 0. The van der Waals surface area contributed by atoms with E-state index >= 15 is 0 Å². The highest BCUT2D eigenvalue weighted by Gasteiger charge is 2.42. The molecule has 4 amide bonds. The molecule has 1 aromatic heterocycles. The van der Waals surface area contributed by atoms with Gasteiger partial charge in [0.2, 0.25) is 0 Å². The Morgan fingerprint density at radius 3 is 2.32 bits per heavy atom. The van der Waals surface area contributed by atoms with Crippen molar-refractivity contribution in [3.8, 4) is 0 Å². The second kappa shape index (κ2) is 9.22. The van der Waals surface area contributed by atoms with Gasteiger partial charge in [-0.1, -0.05) is 12.1 Å². The van der Waals surface area contributed by atoms with Gasteiger partial charge in [0.25, 0.3) is 11.8 Å². The number of nitrogens with zero attached hydrogens (tertiary/aromatic N) is 1. The van der Waals surface area contributed by atoms with Crippen molar-refractivity contribution in [2.45, 2.75) is 25.9 Å². The van der Waals surface area contributed by atoms with Crippen LogP contribution < -0.4 is 10.6 Å². The molecule has 3 heterocycles. The topological polar surface area (TPSA) is 144 Å². The molecule has 0 spiro atoms. The van der Waals surface area contributed by atoms with Crippen LogP contribution >= 0.6 is 0 Å². The number of benzene rings is 1. The quantitative estimate of drug-likeness (QED) is 0.462. The Balaban J connectivity index is 1.55. The van der Waals surface area contributed by atoms with Gasteiger partial charge in [-0.2, -0.15) is 0 Å².